The van der Waals surface area contributed by atoms with Crippen LogP contribution in [-0.2, 0) is 0 Å². The molecule has 1 fully saturated rings. The lowest BCUT2D eigenvalue weighted by atomic mass is 9.95. The van der Waals surface area contributed by atoms with E-state index in [2.05, 4.69) is 33.6 Å². The van der Waals surface area contributed by atoms with Crippen molar-refractivity contribution in [2.45, 2.75) is 38.1 Å². The molecule has 4 nitrogen and oxygen atoms in total. The van der Waals surface area contributed by atoms with Crippen molar-refractivity contribution in [3.8, 4) is 5.69 Å². The van der Waals surface area contributed by atoms with Gasteiger partial charge in [0.15, 0.2) is 0 Å². The number of aromatic nitrogens is 3. The van der Waals surface area contributed by atoms with Crippen LogP contribution in [0.2, 0.25) is 0 Å². The van der Waals surface area contributed by atoms with Gasteiger partial charge in [0.1, 0.15) is 12.7 Å². The van der Waals surface area contributed by atoms with Crippen molar-refractivity contribution in [2.75, 3.05) is 5.32 Å². The van der Waals surface area contributed by atoms with E-state index in [9.17, 15) is 0 Å². The molecular weight excluding hydrogens is 224 g/mol. The number of anilines is 1. The first-order chi connectivity index (χ1) is 8.93. The quantitative estimate of drug-likeness (QED) is 0.899. The third kappa shape index (κ3) is 2.37. The minimum atomic E-state index is 0.600. The number of hydrogen-bond acceptors (Lipinski definition) is 3. The molecule has 2 aromatic rings. The van der Waals surface area contributed by atoms with Crippen LogP contribution >= 0.6 is 0 Å². The molecular formula is C14H18N4. The zero-order valence-corrected chi connectivity index (χ0v) is 10.4. The molecule has 1 N–H and O–H groups in total. The molecule has 0 aliphatic heterocycles. The Morgan fingerprint density at radius 1 is 1.11 bits per heavy atom. The van der Waals surface area contributed by atoms with Crippen molar-refractivity contribution in [3.05, 3.63) is 36.9 Å². The van der Waals surface area contributed by atoms with Crippen molar-refractivity contribution < 1.29 is 0 Å². The zero-order valence-electron chi connectivity index (χ0n) is 10.4. The number of benzene rings is 1. The van der Waals surface area contributed by atoms with Gasteiger partial charge in [-0.15, -0.1) is 0 Å². The summed E-state index contributed by atoms with van der Waals surface area (Å²) in [6.45, 7) is 0. The second kappa shape index (κ2) is 5.21. The van der Waals surface area contributed by atoms with E-state index >= 15 is 0 Å². The highest BCUT2D eigenvalue weighted by Gasteiger charge is 2.14. The van der Waals surface area contributed by atoms with Crippen molar-refractivity contribution in [2.24, 2.45) is 0 Å². The highest BCUT2D eigenvalue weighted by Crippen LogP contribution is 2.25. The highest BCUT2D eigenvalue weighted by molar-refractivity contribution is 5.60. The summed E-state index contributed by atoms with van der Waals surface area (Å²) in [6, 6.07) is 8.88. The maximum atomic E-state index is 4.21. The van der Waals surface area contributed by atoms with E-state index in [0.29, 0.717) is 6.04 Å². The molecule has 1 aliphatic rings. The SMILES string of the molecule is c1ccc(-n2cncn2)c(NC2CCCCC2)c1. The first-order valence-corrected chi connectivity index (χ1v) is 6.64. The van der Waals surface area contributed by atoms with E-state index in [1.807, 2.05) is 10.7 Å². The summed E-state index contributed by atoms with van der Waals surface area (Å²) in [5.74, 6) is 0. The molecule has 0 spiro atoms. The normalized spacial score (nSPS) is 16.7. The van der Waals surface area contributed by atoms with Gasteiger partial charge >= 0.3 is 0 Å². The molecule has 0 saturated heterocycles. The fourth-order valence-electron chi connectivity index (χ4n) is 2.59. The fraction of sp³-hybridized carbons (Fsp3) is 0.429. The second-order valence-electron chi connectivity index (χ2n) is 4.84. The summed E-state index contributed by atoms with van der Waals surface area (Å²) in [5, 5.41) is 7.85. The van der Waals surface area contributed by atoms with Gasteiger partial charge in [0.05, 0.1) is 11.4 Å². The van der Waals surface area contributed by atoms with Crippen molar-refractivity contribution in [1.29, 1.82) is 0 Å². The molecule has 1 aliphatic carbocycles. The third-order valence-corrected chi connectivity index (χ3v) is 3.53. The van der Waals surface area contributed by atoms with Gasteiger partial charge in [-0.1, -0.05) is 31.4 Å². The second-order valence-corrected chi connectivity index (χ2v) is 4.84. The van der Waals surface area contributed by atoms with Gasteiger partial charge in [-0.05, 0) is 25.0 Å². The van der Waals surface area contributed by atoms with Gasteiger partial charge < -0.3 is 5.32 Å². The molecule has 94 valence electrons. The highest BCUT2D eigenvalue weighted by atomic mass is 15.3. The average molecular weight is 242 g/mol. The predicted molar refractivity (Wildman–Crippen MR) is 71.9 cm³/mol. The van der Waals surface area contributed by atoms with E-state index in [0.717, 1.165) is 11.4 Å². The van der Waals surface area contributed by atoms with Crippen LogP contribution in [0.4, 0.5) is 5.69 Å². The fourth-order valence-corrected chi connectivity index (χ4v) is 2.59. The molecule has 1 heterocycles. The number of para-hydroxylation sites is 2. The van der Waals surface area contributed by atoms with Crippen molar-refractivity contribution in [3.63, 3.8) is 0 Å². The van der Waals surface area contributed by atoms with Gasteiger partial charge in [-0.25, -0.2) is 9.67 Å². The Morgan fingerprint density at radius 3 is 2.72 bits per heavy atom. The van der Waals surface area contributed by atoms with Crippen LogP contribution < -0.4 is 5.32 Å². The van der Waals surface area contributed by atoms with Crippen LogP contribution in [-0.4, -0.2) is 20.8 Å². The van der Waals surface area contributed by atoms with Crippen LogP contribution in [0.5, 0.6) is 0 Å². The molecule has 4 heteroatoms. The molecule has 1 aromatic carbocycles. The average Bonchev–Trinajstić information content (AvgIpc) is 2.94. The Bertz CT molecular complexity index is 486. The van der Waals surface area contributed by atoms with Gasteiger partial charge in [0, 0.05) is 6.04 Å². The number of rotatable bonds is 3. The van der Waals surface area contributed by atoms with E-state index < -0.39 is 0 Å². The summed E-state index contributed by atoms with van der Waals surface area (Å²) in [7, 11) is 0. The smallest absolute Gasteiger partial charge is 0.138 e. The van der Waals surface area contributed by atoms with E-state index in [1.165, 1.54) is 32.1 Å². The molecule has 1 saturated carbocycles. The number of hydrogen-bond donors (Lipinski definition) is 1. The summed E-state index contributed by atoms with van der Waals surface area (Å²) in [6.07, 6.45) is 9.89. The van der Waals surface area contributed by atoms with Crippen LogP contribution in [0.1, 0.15) is 32.1 Å². The lowest BCUT2D eigenvalue weighted by Crippen LogP contribution is -2.23. The van der Waals surface area contributed by atoms with Crippen LogP contribution in [0.3, 0.4) is 0 Å². The van der Waals surface area contributed by atoms with E-state index in [4.69, 9.17) is 0 Å². The summed E-state index contributed by atoms with van der Waals surface area (Å²) < 4.78 is 1.81. The van der Waals surface area contributed by atoms with Crippen LogP contribution in [0.15, 0.2) is 36.9 Å². The first-order valence-electron chi connectivity index (χ1n) is 6.64. The Kier molecular flexibility index (Phi) is 3.26. The number of nitrogens with zero attached hydrogens (tertiary/aromatic N) is 3. The molecule has 3 rings (SSSR count). The molecule has 0 unspecified atom stereocenters. The predicted octanol–water partition coefficient (Wildman–Crippen LogP) is 3.01. The standard InChI is InChI=1S/C14H18N4/c1-2-6-12(7-3-1)17-13-8-4-5-9-14(13)18-11-15-10-16-18/h4-5,8-12,17H,1-3,6-7H2. The summed E-state index contributed by atoms with van der Waals surface area (Å²) in [4.78, 5) is 4.01. The molecule has 0 atom stereocenters. The van der Waals surface area contributed by atoms with Crippen LogP contribution in [0, 0.1) is 0 Å². The zero-order chi connectivity index (χ0) is 12.2. The lowest BCUT2D eigenvalue weighted by molar-refractivity contribution is 0.462. The third-order valence-electron chi connectivity index (χ3n) is 3.53. The molecule has 1 aromatic heterocycles. The minimum Gasteiger partial charge on any atom is -0.381 e. The molecule has 18 heavy (non-hydrogen) atoms. The minimum absolute atomic E-state index is 0.600. The first kappa shape index (κ1) is 11.3. The maximum absolute atomic E-state index is 4.21. The Balaban J connectivity index is 1.83. The summed E-state index contributed by atoms with van der Waals surface area (Å²) >= 11 is 0. The Morgan fingerprint density at radius 2 is 1.94 bits per heavy atom. The molecule has 0 radical (unpaired) electrons. The van der Waals surface area contributed by atoms with E-state index in [1.54, 1.807) is 12.7 Å². The Labute approximate surface area is 107 Å². The molecule has 0 bridgehead atoms. The molecule has 0 amide bonds. The maximum Gasteiger partial charge on any atom is 0.138 e. The summed E-state index contributed by atoms with van der Waals surface area (Å²) in [5.41, 5.74) is 2.22. The van der Waals surface area contributed by atoms with Crippen molar-refractivity contribution in [1.82, 2.24) is 14.8 Å². The number of nitrogens with one attached hydrogen (secondary N) is 1. The van der Waals surface area contributed by atoms with Gasteiger partial charge in [0.2, 0.25) is 0 Å². The Hall–Kier alpha value is -1.84. The van der Waals surface area contributed by atoms with Gasteiger partial charge in [-0.2, -0.15) is 5.10 Å². The van der Waals surface area contributed by atoms with Crippen molar-refractivity contribution >= 4 is 5.69 Å². The lowest BCUT2D eigenvalue weighted by Gasteiger charge is -2.25. The van der Waals surface area contributed by atoms with Crippen LogP contribution in [0.25, 0.3) is 5.69 Å². The van der Waals surface area contributed by atoms with Gasteiger partial charge in [0.25, 0.3) is 0 Å². The van der Waals surface area contributed by atoms with E-state index in [-0.39, 0.29) is 0 Å². The topological polar surface area (TPSA) is 42.7 Å². The largest absolute Gasteiger partial charge is 0.381 e. The van der Waals surface area contributed by atoms with Gasteiger partial charge in [-0.3, -0.25) is 0 Å². The monoisotopic (exact) mass is 242 g/mol.